The third-order valence-electron chi connectivity index (χ3n) is 5.17. The van der Waals surface area contributed by atoms with Gasteiger partial charge in [-0.05, 0) is 36.3 Å². The molecule has 9 heteroatoms. The molecule has 0 bridgehead atoms. The molecule has 1 aliphatic rings. The molecule has 33 heavy (non-hydrogen) atoms. The molecule has 0 amide bonds. The van der Waals surface area contributed by atoms with Gasteiger partial charge >= 0.3 is 5.97 Å². The summed E-state index contributed by atoms with van der Waals surface area (Å²) in [6, 6.07) is 16.0. The van der Waals surface area contributed by atoms with Gasteiger partial charge < -0.3 is 10.5 Å². The molecule has 0 saturated carbocycles. The molecule has 0 spiro atoms. The first kappa shape index (κ1) is 22.9. The summed E-state index contributed by atoms with van der Waals surface area (Å²) in [6.45, 7) is 1.80. The highest BCUT2D eigenvalue weighted by Crippen LogP contribution is 2.39. The first-order valence-electron chi connectivity index (χ1n) is 9.93. The maximum Gasteiger partial charge on any atom is 0.338 e. The summed E-state index contributed by atoms with van der Waals surface area (Å²) in [7, 11) is 0. The van der Waals surface area contributed by atoms with Crippen molar-refractivity contribution in [3.63, 3.8) is 0 Å². The van der Waals surface area contributed by atoms with Gasteiger partial charge in [-0.1, -0.05) is 59.6 Å². The number of fused-ring (bicyclic) bond motifs is 1. The van der Waals surface area contributed by atoms with Gasteiger partial charge in [0.25, 0.3) is 5.56 Å². The van der Waals surface area contributed by atoms with Crippen molar-refractivity contribution in [1.29, 1.82) is 5.26 Å². The van der Waals surface area contributed by atoms with E-state index in [0.29, 0.717) is 25.7 Å². The lowest BCUT2D eigenvalue weighted by atomic mass is 9.84. The Morgan fingerprint density at radius 1 is 1.21 bits per heavy atom. The molecule has 1 aromatic heterocycles. The minimum Gasteiger partial charge on any atom is -0.463 e. The summed E-state index contributed by atoms with van der Waals surface area (Å²) in [5.41, 5.74) is 7.21. The molecule has 0 saturated heterocycles. The van der Waals surface area contributed by atoms with Crippen LogP contribution in [0.15, 0.2) is 58.9 Å². The van der Waals surface area contributed by atoms with E-state index in [4.69, 9.17) is 33.7 Å². The summed E-state index contributed by atoms with van der Waals surface area (Å²) < 4.78 is 7.09. The van der Waals surface area contributed by atoms with Crippen molar-refractivity contribution >= 4 is 58.0 Å². The van der Waals surface area contributed by atoms with E-state index in [2.05, 4.69) is 6.07 Å². The Balaban J connectivity index is 2.14. The van der Waals surface area contributed by atoms with Gasteiger partial charge in [0.15, 0.2) is 0 Å². The maximum absolute atomic E-state index is 13.3. The number of rotatable bonds is 4. The van der Waals surface area contributed by atoms with E-state index in [-0.39, 0.29) is 28.2 Å². The van der Waals surface area contributed by atoms with Crippen LogP contribution in [0.25, 0.3) is 17.5 Å². The van der Waals surface area contributed by atoms with Crippen molar-refractivity contribution in [1.82, 2.24) is 4.57 Å². The Kier molecular flexibility index (Phi) is 6.43. The maximum atomic E-state index is 13.3. The Labute approximate surface area is 203 Å². The smallest absolute Gasteiger partial charge is 0.338 e. The Hall–Kier alpha value is -3.31. The number of allylic oxidation sites excluding steroid dienone is 1. The van der Waals surface area contributed by atoms with Crippen molar-refractivity contribution in [2.75, 3.05) is 6.61 Å². The second-order valence-electron chi connectivity index (χ2n) is 7.08. The van der Waals surface area contributed by atoms with E-state index in [1.165, 1.54) is 4.57 Å². The van der Waals surface area contributed by atoms with Crippen molar-refractivity contribution in [3.8, 4) is 6.07 Å². The van der Waals surface area contributed by atoms with Crippen LogP contribution in [0.1, 0.15) is 24.0 Å². The standard InChI is InChI=1S/C24H17Cl2N3O3S/c1-2-32-24(31)20-19(14-8-4-6-10-17(14)26)15(12-27)21(28)29-22(30)18(33-23(20)29)11-13-7-3-5-9-16(13)25/h3-11,19H,2,28H2,1H3. The minimum absolute atomic E-state index is 0.0443. The molecule has 0 aliphatic carbocycles. The second-order valence-corrected chi connectivity index (χ2v) is 8.92. The van der Waals surface area contributed by atoms with Crippen LogP contribution in [0.3, 0.4) is 0 Å². The highest BCUT2D eigenvalue weighted by molar-refractivity contribution is 7.07. The predicted molar refractivity (Wildman–Crippen MR) is 130 cm³/mol. The number of nitrogens with two attached hydrogens (primary N) is 1. The number of thiazole rings is 1. The van der Waals surface area contributed by atoms with Gasteiger partial charge in [-0.2, -0.15) is 5.26 Å². The van der Waals surface area contributed by atoms with E-state index in [9.17, 15) is 14.9 Å². The van der Waals surface area contributed by atoms with Crippen LogP contribution < -0.4 is 20.5 Å². The topological polar surface area (TPSA) is 98.1 Å². The molecular weight excluding hydrogens is 481 g/mol. The average Bonchev–Trinajstić information content (AvgIpc) is 3.11. The van der Waals surface area contributed by atoms with Gasteiger partial charge in [0, 0.05) is 10.0 Å². The summed E-state index contributed by atoms with van der Waals surface area (Å²) in [5.74, 6) is -1.58. The van der Waals surface area contributed by atoms with Crippen LogP contribution in [0.5, 0.6) is 0 Å². The fourth-order valence-electron chi connectivity index (χ4n) is 3.71. The molecule has 1 aliphatic heterocycles. The van der Waals surface area contributed by atoms with Gasteiger partial charge in [0.05, 0.1) is 34.3 Å². The molecule has 2 N–H and O–H groups in total. The lowest BCUT2D eigenvalue weighted by Gasteiger charge is -2.25. The molecule has 2 heterocycles. The molecule has 4 rings (SSSR count). The van der Waals surface area contributed by atoms with E-state index >= 15 is 0 Å². The summed E-state index contributed by atoms with van der Waals surface area (Å²) in [4.78, 5) is 26.5. The number of hydrogen-bond donors (Lipinski definition) is 1. The number of hydrogen-bond acceptors (Lipinski definition) is 6. The minimum atomic E-state index is -0.881. The Bertz CT molecular complexity index is 1530. The molecule has 6 nitrogen and oxygen atoms in total. The first-order valence-corrected chi connectivity index (χ1v) is 11.5. The van der Waals surface area contributed by atoms with E-state index in [1.807, 2.05) is 0 Å². The summed E-state index contributed by atoms with van der Waals surface area (Å²) in [5, 5.41) is 10.8. The molecule has 0 fully saturated rings. The van der Waals surface area contributed by atoms with E-state index in [0.717, 1.165) is 11.3 Å². The highest BCUT2D eigenvalue weighted by Gasteiger charge is 2.37. The Morgan fingerprint density at radius 3 is 2.52 bits per heavy atom. The van der Waals surface area contributed by atoms with Crippen LogP contribution in [-0.4, -0.2) is 17.1 Å². The average molecular weight is 498 g/mol. The number of nitriles is 1. The van der Waals surface area contributed by atoms with Crippen molar-refractivity contribution < 1.29 is 9.53 Å². The number of aromatic nitrogens is 1. The van der Waals surface area contributed by atoms with Crippen LogP contribution in [0.2, 0.25) is 10.0 Å². The fourth-order valence-corrected chi connectivity index (χ4v) is 5.30. The van der Waals surface area contributed by atoms with Crippen LogP contribution in [0.4, 0.5) is 0 Å². The van der Waals surface area contributed by atoms with Gasteiger partial charge in [0.2, 0.25) is 0 Å². The number of benzene rings is 2. The molecule has 1 unspecified atom stereocenters. The van der Waals surface area contributed by atoms with Crippen molar-refractivity contribution in [2.45, 2.75) is 12.8 Å². The zero-order chi connectivity index (χ0) is 23.7. The van der Waals surface area contributed by atoms with E-state index < -0.39 is 17.4 Å². The van der Waals surface area contributed by atoms with Crippen molar-refractivity contribution in [3.05, 3.63) is 94.8 Å². The van der Waals surface area contributed by atoms with Gasteiger partial charge in [-0.3, -0.25) is 9.36 Å². The molecule has 166 valence electrons. The largest absolute Gasteiger partial charge is 0.463 e. The van der Waals surface area contributed by atoms with Crippen LogP contribution >= 0.6 is 34.5 Å². The predicted octanol–water partition coefficient (Wildman–Crippen LogP) is 3.21. The van der Waals surface area contributed by atoms with E-state index in [1.54, 1.807) is 61.5 Å². The summed E-state index contributed by atoms with van der Waals surface area (Å²) in [6.07, 6.45) is 1.63. The quantitative estimate of drug-likeness (QED) is 0.558. The zero-order valence-electron chi connectivity index (χ0n) is 17.3. The number of halogens is 2. The molecule has 2 aromatic carbocycles. The zero-order valence-corrected chi connectivity index (χ0v) is 19.7. The number of nitrogens with zero attached hydrogens (tertiary/aromatic N) is 2. The lowest BCUT2D eigenvalue weighted by molar-refractivity contribution is -0.136. The van der Waals surface area contributed by atoms with Gasteiger partial charge in [0.1, 0.15) is 10.5 Å². The third-order valence-corrected chi connectivity index (χ3v) is 6.97. The number of ether oxygens (including phenoxy) is 1. The normalized spacial score (nSPS) is 15.9. The second kappa shape index (κ2) is 9.28. The van der Waals surface area contributed by atoms with Gasteiger partial charge in [-0.15, -0.1) is 11.3 Å². The number of esters is 1. The van der Waals surface area contributed by atoms with Gasteiger partial charge in [-0.25, -0.2) is 4.79 Å². The molecule has 0 radical (unpaired) electrons. The third kappa shape index (κ3) is 3.98. The Morgan fingerprint density at radius 2 is 1.88 bits per heavy atom. The SMILES string of the molecule is CCOC(=O)C1=c2sc(=Cc3ccccc3Cl)c(=O)n2C(N)=C(C#N)C1c1ccccc1Cl. The van der Waals surface area contributed by atoms with Crippen LogP contribution in [0, 0.1) is 11.3 Å². The number of carbonyl (C=O) groups excluding carboxylic acids is 1. The molecular formula is C24H17Cl2N3O3S. The summed E-state index contributed by atoms with van der Waals surface area (Å²) >= 11 is 13.8. The number of carbonyl (C=O) groups is 1. The van der Waals surface area contributed by atoms with Crippen LogP contribution in [-0.2, 0) is 9.53 Å². The van der Waals surface area contributed by atoms with Crippen molar-refractivity contribution in [2.24, 2.45) is 5.73 Å². The highest BCUT2D eigenvalue weighted by atomic mass is 35.5. The molecule has 3 aromatic rings. The lowest BCUT2D eigenvalue weighted by Crippen LogP contribution is -2.40. The first-order chi connectivity index (χ1) is 15.9. The fraction of sp³-hybridized carbons (Fsp3) is 0.125. The monoisotopic (exact) mass is 497 g/mol. The molecule has 1 atom stereocenters.